The van der Waals surface area contributed by atoms with Crippen molar-refractivity contribution in [2.45, 2.75) is 24.2 Å². The van der Waals surface area contributed by atoms with Crippen LogP contribution in [0.4, 0.5) is 30.7 Å². The lowest BCUT2D eigenvalue weighted by Crippen LogP contribution is -2.55. The number of nitrogens with one attached hydrogen (secondary N) is 1. The van der Waals surface area contributed by atoms with Crippen LogP contribution >= 0.6 is 0 Å². The van der Waals surface area contributed by atoms with E-state index in [-0.39, 0.29) is 5.75 Å². The Balaban J connectivity index is 1.64. The van der Waals surface area contributed by atoms with Crippen molar-refractivity contribution < 1.29 is 45.3 Å². The second-order valence-electron chi connectivity index (χ2n) is 7.98. The number of ether oxygens (including phenoxy) is 1. The van der Waals surface area contributed by atoms with Crippen LogP contribution in [0, 0.1) is 11.6 Å². The van der Waals surface area contributed by atoms with E-state index >= 15 is 8.78 Å². The first-order valence-corrected chi connectivity index (χ1v) is 10.5. The number of halogens is 7. The molecule has 0 radical (unpaired) electrons. The van der Waals surface area contributed by atoms with E-state index < -0.39 is 53.7 Å². The molecule has 2 heterocycles. The van der Waals surface area contributed by atoms with Gasteiger partial charge in [-0.3, -0.25) is 4.98 Å². The van der Waals surface area contributed by atoms with Crippen LogP contribution in [0.3, 0.4) is 0 Å². The summed E-state index contributed by atoms with van der Waals surface area (Å²) in [7, 11) is 0. The van der Waals surface area contributed by atoms with E-state index in [0.29, 0.717) is 23.3 Å². The van der Waals surface area contributed by atoms with E-state index in [4.69, 9.17) is 0 Å². The van der Waals surface area contributed by atoms with E-state index in [2.05, 4.69) is 25.2 Å². The summed E-state index contributed by atoms with van der Waals surface area (Å²) >= 11 is 0. The Bertz CT molecular complexity index is 1350. The summed E-state index contributed by atoms with van der Waals surface area (Å²) in [6, 6.07) is 9.32. The van der Waals surface area contributed by atoms with Crippen LogP contribution in [0.15, 0.2) is 67.1 Å². The van der Waals surface area contributed by atoms with Crippen LogP contribution in [-0.2, 0) is 18.1 Å². The van der Waals surface area contributed by atoms with Gasteiger partial charge in [0.1, 0.15) is 34.7 Å². The minimum absolute atomic E-state index is 0.0469. The number of aliphatic hydroxyl groups is 1. The zero-order chi connectivity index (χ0) is 26.8. The Hall–Kier alpha value is -4.07. The van der Waals surface area contributed by atoms with Gasteiger partial charge in [-0.1, -0.05) is 23.4 Å². The molecule has 0 aliphatic rings. The van der Waals surface area contributed by atoms with E-state index in [1.165, 1.54) is 30.3 Å². The van der Waals surface area contributed by atoms with E-state index in [9.17, 15) is 27.1 Å². The Morgan fingerprint density at radius 2 is 1.62 bits per heavy atom. The minimum atomic E-state index is -4.51. The van der Waals surface area contributed by atoms with Crippen molar-refractivity contribution in [3.63, 3.8) is 0 Å². The van der Waals surface area contributed by atoms with Crippen molar-refractivity contribution in [1.82, 2.24) is 20.5 Å². The largest absolute Gasteiger partial charge is 0.484 e. The van der Waals surface area contributed by atoms with E-state index in [1.807, 2.05) is 0 Å². The molecule has 7 nitrogen and oxygen atoms in total. The number of alkyl halides is 5. The highest BCUT2D eigenvalue weighted by molar-refractivity contribution is 5.63. The van der Waals surface area contributed by atoms with Gasteiger partial charge in [-0.25, -0.2) is 8.78 Å². The van der Waals surface area contributed by atoms with Crippen LogP contribution in [0.2, 0.25) is 0 Å². The van der Waals surface area contributed by atoms with Gasteiger partial charge in [-0.2, -0.15) is 26.6 Å². The van der Waals surface area contributed by atoms with Gasteiger partial charge >= 0.3 is 12.1 Å². The highest BCUT2D eigenvalue weighted by atomic mass is 19.4. The number of hydrogen-bond acceptors (Lipinski definition) is 5. The average molecular weight is 528 g/mol. The molecule has 1 atom stereocenters. The van der Waals surface area contributed by atoms with Gasteiger partial charge in [0.25, 0.3) is 6.33 Å². The maximum Gasteiger partial charge on any atom is 0.422 e. The molecule has 4 rings (SSSR count). The zero-order valence-corrected chi connectivity index (χ0v) is 18.6. The summed E-state index contributed by atoms with van der Waals surface area (Å²) in [5.74, 6) is -6.69. The van der Waals surface area contributed by atoms with Gasteiger partial charge in [-0.05, 0) is 35.9 Å². The topological polar surface area (TPSA) is 87.8 Å². The SMILES string of the molecule is O[C@@](C[n+]1cnn[nH]1)(c1ccc(F)cc1F)C(F)(F)c1ccc(-c2ccc(OCC(F)(F)F)cc2)cn1. The van der Waals surface area contributed by atoms with Crippen LogP contribution in [0.5, 0.6) is 5.75 Å². The molecule has 0 aliphatic heterocycles. The first kappa shape index (κ1) is 26.0. The number of hydrogen-bond donors (Lipinski definition) is 2. The van der Waals surface area contributed by atoms with Crippen molar-refractivity contribution >= 4 is 0 Å². The Kier molecular flexibility index (Phi) is 6.86. The number of aromatic amines is 1. The van der Waals surface area contributed by atoms with Crippen LogP contribution in [0.25, 0.3) is 11.1 Å². The van der Waals surface area contributed by atoms with Crippen molar-refractivity contribution in [2.24, 2.45) is 0 Å². The quantitative estimate of drug-likeness (QED) is 0.266. The molecular formula is C23H17F7N5O2+. The first-order valence-electron chi connectivity index (χ1n) is 10.5. The monoisotopic (exact) mass is 528 g/mol. The normalized spacial score (nSPS) is 13.8. The second kappa shape index (κ2) is 9.76. The molecule has 194 valence electrons. The van der Waals surface area contributed by atoms with Crippen molar-refractivity contribution in [2.75, 3.05) is 6.61 Å². The molecule has 4 aromatic rings. The molecule has 0 fully saturated rings. The Labute approximate surface area is 204 Å². The summed E-state index contributed by atoms with van der Waals surface area (Å²) < 4.78 is 102. The third kappa shape index (κ3) is 5.53. The molecule has 0 saturated heterocycles. The van der Waals surface area contributed by atoms with Gasteiger partial charge in [0, 0.05) is 23.4 Å². The molecule has 37 heavy (non-hydrogen) atoms. The molecule has 0 saturated carbocycles. The minimum Gasteiger partial charge on any atom is -0.484 e. The standard InChI is InChI=1S/C23H16F7N5O2/c24-16-4-7-18(19(25)9-16)21(36,11-35-13-32-33-34-35)23(29,30)20-8-3-15(10-31-20)14-1-5-17(6-2-14)37-12-22(26,27)28/h1-10,13,36H,11-12H2/p+1/t21-/m0/s1. The smallest absolute Gasteiger partial charge is 0.422 e. The molecule has 0 bridgehead atoms. The summed E-state index contributed by atoms with van der Waals surface area (Å²) in [6.45, 7) is -2.42. The molecule has 0 aliphatic carbocycles. The average Bonchev–Trinajstić information content (AvgIpc) is 3.35. The number of benzene rings is 2. The molecule has 0 unspecified atom stereocenters. The van der Waals surface area contributed by atoms with Crippen molar-refractivity contribution in [3.8, 4) is 16.9 Å². The number of pyridine rings is 1. The Morgan fingerprint density at radius 1 is 0.919 bits per heavy atom. The van der Waals surface area contributed by atoms with Crippen LogP contribution in [-0.4, -0.2) is 38.4 Å². The fraction of sp³-hybridized carbons (Fsp3) is 0.217. The van der Waals surface area contributed by atoms with Gasteiger partial charge in [0.05, 0.1) is 0 Å². The molecule has 0 spiro atoms. The van der Waals surface area contributed by atoms with Crippen LogP contribution in [0.1, 0.15) is 11.3 Å². The second-order valence-corrected chi connectivity index (χ2v) is 7.98. The number of rotatable bonds is 8. The van der Waals surface area contributed by atoms with Gasteiger partial charge in [0.15, 0.2) is 17.4 Å². The summed E-state index contributed by atoms with van der Waals surface area (Å²) in [6.07, 6.45) is -2.46. The fourth-order valence-electron chi connectivity index (χ4n) is 3.57. The highest BCUT2D eigenvalue weighted by Gasteiger charge is 2.58. The zero-order valence-electron chi connectivity index (χ0n) is 18.6. The van der Waals surface area contributed by atoms with Crippen LogP contribution < -0.4 is 9.42 Å². The number of nitrogens with zero attached hydrogens (tertiary/aromatic N) is 4. The molecule has 2 aromatic heterocycles. The third-order valence-electron chi connectivity index (χ3n) is 5.39. The van der Waals surface area contributed by atoms with Gasteiger partial charge < -0.3 is 9.84 Å². The fourth-order valence-corrected chi connectivity index (χ4v) is 3.57. The number of aromatic nitrogens is 5. The molecule has 14 heteroatoms. The molecule has 2 N–H and O–H groups in total. The number of tetrazole rings is 1. The molecular weight excluding hydrogens is 511 g/mol. The lowest BCUT2D eigenvalue weighted by atomic mass is 9.84. The summed E-state index contributed by atoms with van der Waals surface area (Å²) in [4.78, 5) is 3.75. The first-order chi connectivity index (χ1) is 17.4. The van der Waals surface area contributed by atoms with Gasteiger partial charge in [-0.15, -0.1) is 0 Å². The van der Waals surface area contributed by atoms with Crippen molar-refractivity contribution in [1.29, 1.82) is 0 Å². The number of H-pyrrole nitrogens is 1. The maximum absolute atomic E-state index is 15.8. The van der Waals surface area contributed by atoms with Gasteiger partial charge in [0.2, 0.25) is 0 Å². The summed E-state index contributed by atoms with van der Waals surface area (Å²) in [5.41, 5.74) is -4.32. The predicted molar refractivity (Wildman–Crippen MR) is 112 cm³/mol. The summed E-state index contributed by atoms with van der Waals surface area (Å²) in [5, 5.41) is 20.2. The third-order valence-corrected chi connectivity index (χ3v) is 5.39. The Morgan fingerprint density at radius 3 is 2.19 bits per heavy atom. The molecule has 0 amide bonds. The maximum atomic E-state index is 15.8. The van der Waals surface area contributed by atoms with Crippen molar-refractivity contribution in [3.05, 3.63) is 90.0 Å². The highest BCUT2D eigenvalue weighted by Crippen LogP contribution is 2.46. The lowest BCUT2D eigenvalue weighted by Gasteiger charge is -2.34. The van der Waals surface area contributed by atoms with E-state index in [1.54, 1.807) is 0 Å². The van der Waals surface area contributed by atoms with E-state index in [0.717, 1.165) is 29.3 Å². The lowest BCUT2D eigenvalue weighted by molar-refractivity contribution is -0.771. The molecule has 2 aromatic carbocycles. The predicted octanol–water partition coefficient (Wildman–Crippen LogP) is 4.05.